The first-order chi connectivity index (χ1) is 13.2. The largest absolute Gasteiger partial charge is 0.443 e. The average Bonchev–Trinajstić information content (AvgIpc) is 3.16. The van der Waals surface area contributed by atoms with Crippen molar-refractivity contribution in [2.75, 3.05) is 6.54 Å². The number of likely N-dealkylation sites (tertiary alicyclic amines) is 1. The van der Waals surface area contributed by atoms with Gasteiger partial charge in [-0.3, -0.25) is 9.78 Å². The Labute approximate surface area is 156 Å². The molecule has 1 fully saturated rings. The molecule has 0 radical (unpaired) electrons. The van der Waals surface area contributed by atoms with Crippen molar-refractivity contribution >= 4 is 5.91 Å². The van der Waals surface area contributed by atoms with Gasteiger partial charge in [-0.1, -0.05) is 18.2 Å². The van der Waals surface area contributed by atoms with Crippen LogP contribution in [0.2, 0.25) is 0 Å². The van der Waals surface area contributed by atoms with Crippen LogP contribution >= 0.6 is 0 Å². The van der Waals surface area contributed by atoms with Crippen LogP contribution in [0.15, 0.2) is 59.3 Å². The Balaban J connectivity index is 1.54. The van der Waals surface area contributed by atoms with Gasteiger partial charge in [-0.2, -0.15) is 0 Å². The van der Waals surface area contributed by atoms with E-state index >= 15 is 0 Å². The van der Waals surface area contributed by atoms with Crippen molar-refractivity contribution in [3.8, 4) is 0 Å². The lowest BCUT2D eigenvalue weighted by Gasteiger charge is -2.33. The van der Waals surface area contributed by atoms with E-state index in [0.717, 1.165) is 24.8 Å². The monoisotopic (exact) mass is 365 g/mol. The standard InChI is InChI=1S/C21H20FN3O2/c22-16-7-5-6-15(12-16)13-17-14-24-20(27-17)19-9-2-4-11-25(19)21(26)18-8-1-3-10-23-18/h1,3,5-8,10,12,14,19H,2,4,9,11,13H2. The topological polar surface area (TPSA) is 59.2 Å². The van der Waals surface area contributed by atoms with Crippen molar-refractivity contribution < 1.29 is 13.6 Å². The minimum Gasteiger partial charge on any atom is -0.443 e. The maximum atomic E-state index is 13.4. The molecule has 1 saturated heterocycles. The minimum absolute atomic E-state index is 0.106. The number of nitrogens with zero attached hydrogens (tertiary/aromatic N) is 3. The Hall–Kier alpha value is -3.02. The van der Waals surface area contributed by atoms with E-state index in [1.165, 1.54) is 12.1 Å². The van der Waals surface area contributed by atoms with Gasteiger partial charge in [0.2, 0.25) is 5.89 Å². The van der Waals surface area contributed by atoms with Gasteiger partial charge >= 0.3 is 0 Å². The number of rotatable bonds is 4. The Morgan fingerprint density at radius 3 is 2.93 bits per heavy atom. The zero-order valence-electron chi connectivity index (χ0n) is 14.8. The van der Waals surface area contributed by atoms with Crippen LogP contribution in [0, 0.1) is 5.82 Å². The van der Waals surface area contributed by atoms with Crippen LogP contribution in [0.3, 0.4) is 0 Å². The summed E-state index contributed by atoms with van der Waals surface area (Å²) in [5.74, 6) is 0.814. The molecule has 1 aromatic carbocycles. The number of carbonyl (C=O) groups is 1. The number of amides is 1. The number of halogens is 1. The lowest BCUT2D eigenvalue weighted by molar-refractivity contribution is 0.0564. The summed E-state index contributed by atoms with van der Waals surface area (Å²) in [6.45, 7) is 0.654. The molecule has 0 saturated carbocycles. The molecule has 1 aliphatic heterocycles. The van der Waals surface area contributed by atoms with Crippen LogP contribution in [0.25, 0.3) is 0 Å². The highest BCUT2D eigenvalue weighted by molar-refractivity contribution is 5.92. The van der Waals surface area contributed by atoms with Crippen LogP contribution in [-0.2, 0) is 6.42 Å². The Bertz CT molecular complexity index is 926. The number of oxazole rings is 1. The first-order valence-electron chi connectivity index (χ1n) is 9.12. The van der Waals surface area contributed by atoms with Gasteiger partial charge in [-0.15, -0.1) is 0 Å². The molecule has 5 nitrogen and oxygen atoms in total. The third kappa shape index (κ3) is 3.89. The average molecular weight is 365 g/mol. The van der Waals surface area contributed by atoms with Crippen LogP contribution < -0.4 is 0 Å². The Kier molecular flexibility index (Phi) is 4.96. The zero-order valence-corrected chi connectivity index (χ0v) is 14.8. The zero-order chi connectivity index (χ0) is 18.6. The minimum atomic E-state index is -0.272. The highest BCUT2D eigenvalue weighted by atomic mass is 19.1. The summed E-state index contributed by atoms with van der Waals surface area (Å²) in [6.07, 6.45) is 6.51. The van der Waals surface area contributed by atoms with Gasteiger partial charge in [-0.25, -0.2) is 9.37 Å². The van der Waals surface area contributed by atoms with Gasteiger partial charge in [-0.05, 0) is 49.1 Å². The third-order valence-corrected chi connectivity index (χ3v) is 4.77. The molecule has 1 unspecified atom stereocenters. The van der Waals surface area contributed by atoms with Crippen molar-refractivity contribution in [2.45, 2.75) is 31.7 Å². The molecule has 6 heteroatoms. The maximum absolute atomic E-state index is 13.4. The summed E-state index contributed by atoms with van der Waals surface area (Å²) in [5.41, 5.74) is 1.25. The highest BCUT2D eigenvalue weighted by Gasteiger charge is 2.32. The summed E-state index contributed by atoms with van der Waals surface area (Å²) < 4.78 is 19.3. The molecular weight excluding hydrogens is 345 g/mol. The summed E-state index contributed by atoms with van der Waals surface area (Å²) in [7, 11) is 0. The first-order valence-corrected chi connectivity index (χ1v) is 9.12. The molecule has 0 bridgehead atoms. The van der Waals surface area contributed by atoms with Gasteiger partial charge in [0.15, 0.2) is 0 Å². The predicted molar refractivity (Wildman–Crippen MR) is 97.6 cm³/mol. The molecule has 0 aliphatic carbocycles. The number of pyridine rings is 1. The molecule has 27 heavy (non-hydrogen) atoms. The van der Waals surface area contributed by atoms with Gasteiger partial charge in [0.05, 0.1) is 6.20 Å². The molecule has 1 atom stereocenters. The second-order valence-electron chi connectivity index (χ2n) is 6.70. The molecule has 4 rings (SSSR count). The molecule has 1 amide bonds. The van der Waals surface area contributed by atoms with Gasteiger partial charge in [0.25, 0.3) is 5.91 Å². The number of piperidine rings is 1. The molecule has 0 spiro atoms. The second kappa shape index (κ2) is 7.70. The maximum Gasteiger partial charge on any atom is 0.273 e. The lowest BCUT2D eigenvalue weighted by atomic mass is 10.0. The fourth-order valence-electron chi connectivity index (χ4n) is 3.47. The molecule has 3 aromatic rings. The van der Waals surface area contributed by atoms with Crippen LogP contribution in [0.1, 0.15) is 53.0 Å². The Morgan fingerprint density at radius 1 is 1.19 bits per heavy atom. The van der Waals surface area contributed by atoms with Crippen molar-refractivity contribution in [1.29, 1.82) is 0 Å². The van der Waals surface area contributed by atoms with E-state index in [9.17, 15) is 9.18 Å². The molecule has 1 aliphatic rings. The van der Waals surface area contributed by atoms with Gasteiger partial charge < -0.3 is 9.32 Å². The van der Waals surface area contributed by atoms with E-state index in [-0.39, 0.29) is 17.8 Å². The highest BCUT2D eigenvalue weighted by Crippen LogP contribution is 2.32. The number of benzene rings is 1. The molecular formula is C21H20FN3O2. The number of hydrogen-bond acceptors (Lipinski definition) is 4. The van der Waals surface area contributed by atoms with E-state index in [1.54, 1.807) is 41.6 Å². The van der Waals surface area contributed by atoms with Gasteiger partial charge in [0.1, 0.15) is 23.3 Å². The van der Waals surface area contributed by atoms with E-state index in [1.807, 2.05) is 6.07 Å². The van der Waals surface area contributed by atoms with Crippen molar-refractivity contribution in [3.63, 3.8) is 0 Å². The normalized spacial score (nSPS) is 17.1. The molecule has 3 heterocycles. The van der Waals surface area contributed by atoms with Crippen LogP contribution in [-0.4, -0.2) is 27.3 Å². The lowest BCUT2D eigenvalue weighted by Crippen LogP contribution is -2.39. The van der Waals surface area contributed by atoms with Crippen molar-refractivity contribution in [3.05, 3.63) is 83.6 Å². The van der Waals surface area contributed by atoms with E-state index in [4.69, 9.17) is 4.42 Å². The van der Waals surface area contributed by atoms with Crippen LogP contribution in [0.5, 0.6) is 0 Å². The van der Waals surface area contributed by atoms with E-state index < -0.39 is 0 Å². The predicted octanol–water partition coefficient (Wildman–Crippen LogP) is 4.17. The Morgan fingerprint density at radius 2 is 2.11 bits per heavy atom. The smallest absolute Gasteiger partial charge is 0.273 e. The summed E-state index contributed by atoms with van der Waals surface area (Å²) in [5, 5.41) is 0. The number of aromatic nitrogens is 2. The SMILES string of the molecule is O=C(c1ccccn1)N1CCCCC1c1ncc(Cc2cccc(F)c2)o1. The fraction of sp³-hybridized carbons (Fsp3) is 0.286. The summed E-state index contributed by atoms with van der Waals surface area (Å²) in [6, 6.07) is 11.5. The first kappa shape index (κ1) is 17.4. The quantitative estimate of drug-likeness (QED) is 0.696. The second-order valence-corrected chi connectivity index (χ2v) is 6.70. The van der Waals surface area contributed by atoms with Crippen molar-refractivity contribution in [1.82, 2.24) is 14.9 Å². The number of carbonyl (C=O) groups excluding carboxylic acids is 1. The molecule has 2 aromatic heterocycles. The fourth-order valence-corrected chi connectivity index (χ4v) is 3.47. The van der Waals surface area contributed by atoms with Gasteiger partial charge in [0, 0.05) is 19.2 Å². The van der Waals surface area contributed by atoms with E-state index in [2.05, 4.69) is 9.97 Å². The number of hydrogen-bond donors (Lipinski definition) is 0. The van der Waals surface area contributed by atoms with Crippen LogP contribution in [0.4, 0.5) is 4.39 Å². The molecule has 0 N–H and O–H groups in total. The summed E-state index contributed by atoms with van der Waals surface area (Å²) >= 11 is 0. The molecule has 138 valence electrons. The summed E-state index contributed by atoms with van der Waals surface area (Å²) in [4.78, 5) is 23.2. The van der Waals surface area contributed by atoms with E-state index in [0.29, 0.717) is 30.3 Å². The van der Waals surface area contributed by atoms with Crippen molar-refractivity contribution in [2.24, 2.45) is 0 Å². The third-order valence-electron chi connectivity index (χ3n) is 4.77.